The van der Waals surface area contributed by atoms with E-state index in [0.717, 1.165) is 12.5 Å². The SMILES string of the molecule is CCCN(CC)C(=O)c1ccc(C(=O)O)cc1F. The number of nitrogens with zero attached hydrogens (tertiary/aromatic N) is 1. The lowest BCUT2D eigenvalue weighted by atomic mass is 10.1. The molecule has 0 fully saturated rings. The Balaban J connectivity index is 3.02. The van der Waals surface area contributed by atoms with E-state index in [1.54, 1.807) is 0 Å². The summed E-state index contributed by atoms with van der Waals surface area (Å²) in [7, 11) is 0. The van der Waals surface area contributed by atoms with Crippen molar-refractivity contribution < 1.29 is 19.1 Å². The van der Waals surface area contributed by atoms with Crippen LogP contribution in [0.25, 0.3) is 0 Å². The highest BCUT2D eigenvalue weighted by molar-refractivity contribution is 5.96. The van der Waals surface area contributed by atoms with Gasteiger partial charge in [0.25, 0.3) is 5.91 Å². The predicted molar refractivity (Wildman–Crippen MR) is 65.2 cm³/mol. The summed E-state index contributed by atoms with van der Waals surface area (Å²) >= 11 is 0. The van der Waals surface area contributed by atoms with E-state index >= 15 is 0 Å². The third-order valence-electron chi connectivity index (χ3n) is 2.61. The Morgan fingerprint density at radius 3 is 2.44 bits per heavy atom. The Morgan fingerprint density at radius 1 is 1.33 bits per heavy atom. The Hall–Kier alpha value is -1.91. The standard InChI is InChI=1S/C13H16FNO3/c1-3-7-15(4-2)12(16)10-6-5-9(13(17)18)8-11(10)14/h5-6,8H,3-4,7H2,1-2H3,(H,17,18). The molecule has 98 valence electrons. The van der Waals surface area contributed by atoms with E-state index in [2.05, 4.69) is 0 Å². The van der Waals surface area contributed by atoms with Gasteiger partial charge >= 0.3 is 5.97 Å². The first kappa shape index (κ1) is 14.2. The quantitative estimate of drug-likeness (QED) is 0.876. The molecule has 0 unspecified atom stereocenters. The maximum absolute atomic E-state index is 13.7. The minimum Gasteiger partial charge on any atom is -0.478 e. The number of amides is 1. The average molecular weight is 253 g/mol. The first-order chi connectivity index (χ1) is 8.51. The number of aromatic carboxylic acids is 1. The van der Waals surface area contributed by atoms with Crippen LogP contribution in [0.15, 0.2) is 18.2 Å². The van der Waals surface area contributed by atoms with Gasteiger partial charge in [-0.25, -0.2) is 9.18 Å². The Kier molecular flexibility index (Phi) is 4.83. The molecule has 1 rings (SSSR count). The van der Waals surface area contributed by atoms with Crippen molar-refractivity contribution in [1.82, 2.24) is 4.90 Å². The number of carboxylic acid groups (broad SMARTS) is 1. The minimum absolute atomic E-state index is 0.0877. The van der Waals surface area contributed by atoms with Crippen LogP contribution in [0.2, 0.25) is 0 Å². The van der Waals surface area contributed by atoms with Gasteiger partial charge in [0.15, 0.2) is 0 Å². The molecule has 1 aromatic carbocycles. The monoisotopic (exact) mass is 253 g/mol. The van der Waals surface area contributed by atoms with E-state index in [4.69, 9.17) is 5.11 Å². The van der Waals surface area contributed by atoms with Gasteiger partial charge in [-0.05, 0) is 31.5 Å². The third kappa shape index (κ3) is 3.06. The summed E-state index contributed by atoms with van der Waals surface area (Å²) in [4.78, 5) is 24.2. The van der Waals surface area contributed by atoms with Crippen LogP contribution in [0.3, 0.4) is 0 Å². The van der Waals surface area contributed by atoms with E-state index in [1.165, 1.54) is 17.0 Å². The van der Waals surface area contributed by atoms with Crippen molar-refractivity contribution in [3.63, 3.8) is 0 Å². The van der Waals surface area contributed by atoms with E-state index in [1.807, 2.05) is 13.8 Å². The number of carboxylic acids is 1. The number of carbonyl (C=O) groups is 2. The van der Waals surface area contributed by atoms with Crippen LogP contribution in [0, 0.1) is 5.82 Å². The molecule has 1 N–H and O–H groups in total. The number of hydrogen-bond acceptors (Lipinski definition) is 2. The van der Waals surface area contributed by atoms with Crippen LogP contribution < -0.4 is 0 Å². The zero-order valence-corrected chi connectivity index (χ0v) is 10.4. The maximum Gasteiger partial charge on any atom is 0.335 e. The van der Waals surface area contributed by atoms with Gasteiger partial charge < -0.3 is 10.0 Å². The molecule has 5 heteroatoms. The summed E-state index contributed by atoms with van der Waals surface area (Å²) in [6, 6.07) is 3.33. The number of carbonyl (C=O) groups excluding carboxylic acids is 1. The minimum atomic E-state index is -1.21. The van der Waals surface area contributed by atoms with Crippen molar-refractivity contribution in [3.05, 3.63) is 35.1 Å². The molecule has 0 aliphatic carbocycles. The highest BCUT2D eigenvalue weighted by Crippen LogP contribution is 2.13. The summed E-state index contributed by atoms with van der Waals surface area (Å²) in [5.41, 5.74) is -0.252. The summed E-state index contributed by atoms with van der Waals surface area (Å²) < 4.78 is 13.7. The molecule has 0 spiro atoms. The molecule has 0 saturated heterocycles. The zero-order valence-electron chi connectivity index (χ0n) is 10.4. The normalized spacial score (nSPS) is 10.2. The van der Waals surface area contributed by atoms with E-state index < -0.39 is 17.7 Å². The molecule has 0 bridgehead atoms. The van der Waals surface area contributed by atoms with Gasteiger partial charge in [0.2, 0.25) is 0 Å². The van der Waals surface area contributed by atoms with E-state index in [-0.39, 0.29) is 11.1 Å². The van der Waals surface area contributed by atoms with Gasteiger partial charge in [-0.15, -0.1) is 0 Å². The highest BCUT2D eigenvalue weighted by atomic mass is 19.1. The first-order valence-electron chi connectivity index (χ1n) is 5.83. The highest BCUT2D eigenvalue weighted by Gasteiger charge is 2.18. The van der Waals surface area contributed by atoms with Gasteiger partial charge in [0.05, 0.1) is 11.1 Å². The van der Waals surface area contributed by atoms with Gasteiger partial charge in [0.1, 0.15) is 5.82 Å². The number of benzene rings is 1. The molecule has 0 heterocycles. The number of hydrogen-bond donors (Lipinski definition) is 1. The number of rotatable bonds is 5. The summed E-state index contributed by atoms with van der Waals surface area (Å²) in [5, 5.41) is 8.72. The Morgan fingerprint density at radius 2 is 2.00 bits per heavy atom. The molecule has 0 aliphatic heterocycles. The van der Waals surface area contributed by atoms with Gasteiger partial charge in [-0.3, -0.25) is 4.79 Å². The fourth-order valence-corrected chi connectivity index (χ4v) is 1.67. The maximum atomic E-state index is 13.7. The van der Waals surface area contributed by atoms with Crippen molar-refractivity contribution in [1.29, 1.82) is 0 Å². The average Bonchev–Trinajstić information content (AvgIpc) is 2.34. The van der Waals surface area contributed by atoms with Crippen LogP contribution >= 0.6 is 0 Å². The summed E-state index contributed by atoms with van der Waals surface area (Å²) in [6.45, 7) is 4.79. The Labute approximate surface area is 105 Å². The smallest absolute Gasteiger partial charge is 0.335 e. The second-order valence-electron chi connectivity index (χ2n) is 3.88. The molecule has 0 radical (unpaired) electrons. The van der Waals surface area contributed by atoms with Crippen molar-refractivity contribution in [3.8, 4) is 0 Å². The molecular formula is C13H16FNO3. The fourth-order valence-electron chi connectivity index (χ4n) is 1.67. The van der Waals surface area contributed by atoms with Gasteiger partial charge in [0, 0.05) is 13.1 Å². The van der Waals surface area contributed by atoms with Gasteiger partial charge in [-0.2, -0.15) is 0 Å². The lowest BCUT2D eigenvalue weighted by Crippen LogP contribution is -2.32. The largest absolute Gasteiger partial charge is 0.478 e. The van der Waals surface area contributed by atoms with E-state index in [0.29, 0.717) is 13.1 Å². The molecule has 0 aliphatic rings. The van der Waals surface area contributed by atoms with Crippen molar-refractivity contribution in [2.24, 2.45) is 0 Å². The zero-order chi connectivity index (χ0) is 13.7. The van der Waals surface area contributed by atoms with Crippen LogP contribution in [0.5, 0.6) is 0 Å². The molecule has 4 nitrogen and oxygen atoms in total. The molecule has 0 saturated carbocycles. The lowest BCUT2D eigenvalue weighted by molar-refractivity contribution is 0.0693. The van der Waals surface area contributed by atoms with Crippen LogP contribution in [0.1, 0.15) is 41.0 Å². The molecular weight excluding hydrogens is 237 g/mol. The van der Waals surface area contributed by atoms with Gasteiger partial charge in [-0.1, -0.05) is 6.92 Å². The number of halogens is 1. The predicted octanol–water partition coefficient (Wildman–Crippen LogP) is 2.40. The molecule has 1 amide bonds. The first-order valence-corrected chi connectivity index (χ1v) is 5.83. The van der Waals surface area contributed by atoms with Crippen molar-refractivity contribution in [2.45, 2.75) is 20.3 Å². The van der Waals surface area contributed by atoms with Crippen LogP contribution in [-0.4, -0.2) is 35.0 Å². The molecule has 0 aromatic heterocycles. The van der Waals surface area contributed by atoms with Crippen molar-refractivity contribution in [2.75, 3.05) is 13.1 Å². The second kappa shape index (κ2) is 6.14. The van der Waals surface area contributed by atoms with Crippen molar-refractivity contribution >= 4 is 11.9 Å². The lowest BCUT2D eigenvalue weighted by Gasteiger charge is -2.20. The fraction of sp³-hybridized carbons (Fsp3) is 0.385. The molecule has 0 atom stereocenters. The third-order valence-corrected chi connectivity index (χ3v) is 2.61. The molecule has 18 heavy (non-hydrogen) atoms. The Bertz CT molecular complexity index is 460. The van der Waals surface area contributed by atoms with Crippen LogP contribution in [0.4, 0.5) is 4.39 Å². The van der Waals surface area contributed by atoms with Crippen LogP contribution in [-0.2, 0) is 0 Å². The summed E-state index contributed by atoms with van der Waals surface area (Å²) in [5.74, 6) is -2.42. The molecule has 1 aromatic rings. The summed E-state index contributed by atoms with van der Waals surface area (Å²) in [6.07, 6.45) is 0.786. The second-order valence-corrected chi connectivity index (χ2v) is 3.88. The topological polar surface area (TPSA) is 57.6 Å². The van der Waals surface area contributed by atoms with E-state index in [9.17, 15) is 14.0 Å².